The Morgan fingerprint density at radius 1 is 1.08 bits per heavy atom. The number of rotatable bonds is 6. The number of amides is 2. The van der Waals surface area contributed by atoms with Gasteiger partial charge in [0.2, 0.25) is 0 Å². The van der Waals surface area contributed by atoms with E-state index in [1.165, 1.54) is 40.2 Å². The molecule has 0 saturated carbocycles. The van der Waals surface area contributed by atoms with Crippen LogP contribution in [0.15, 0.2) is 79.1 Å². The van der Waals surface area contributed by atoms with E-state index in [9.17, 15) is 18.0 Å². The quantitative estimate of drug-likeness (QED) is 0.314. The molecule has 0 bridgehead atoms. The Morgan fingerprint density at radius 3 is 2.38 bits per heavy atom. The van der Waals surface area contributed by atoms with Crippen LogP contribution < -0.4 is 20.7 Å². The van der Waals surface area contributed by atoms with Gasteiger partial charge in [-0.1, -0.05) is 25.1 Å². The topological polar surface area (TPSA) is 98.3 Å². The molecule has 2 amide bonds. The molecule has 12 heteroatoms. The standard InChI is InChI=1S/C25H21F3N6O2S/c1-2-16-5-3-4-6-21(16)34(23(29)37)24(35)31-18-9-7-17(8-10-18)22-30-15-33(32-22)19-11-13-20(14-12-19)36-25(26,27)28/h3-15H,2H2,1H3,(H2,29,37)(H,31,35). The number of urea groups is 1. The normalized spacial score (nSPS) is 11.1. The van der Waals surface area contributed by atoms with Gasteiger partial charge in [0.05, 0.1) is 11.4 Å². The SMILES string of the molecule is CCc1ccccc1N(C(=O)Nc1ccc(-c2ncn(-c3ccc(OC(F)(F)F)cc3)n2)cc1)C(N)=S. The lowest BCUT2D eigenvalue weighted by molar-refractivity contribution is -0.274. The summed E-state index contributed by atoms with van der Waals surface area (Å²) >= 11 is 5.12. The largest absolute Gasteiger partial charge is 0.573 e. The fraction of sp³-hybridized carbons (Fsp3) is 0.120. The number of carbonyl (C=O) groups excluding carboxylic acids is 1. The van der Waals surface area contributed by atoms with Crippen molar-refractivity contribution in [3.8, 4) is 22.8 Å². The molecule has 0 unspecified atom stereocenters. The number of alkyl halides is 3. The summed E-state index contributed by atoms with van der Waals surface area (Å²) in [5.41, 5.74) is 9.05. The van der Waals surface area contributed by atoms with Crippen molar-refractivity contribution in [2.24, 2.45) is 5.73 Å². The second-order valence-corrected chi connectivity index (χ2v) is 8.14. The Morgan fingerprint density at radius 2 is 1.76 bits per heavy atom. The highest BCUT2D eigenvalue weighted by molar-refractivity contribution is 7.80. The molecule has 0 spiro atoms. The first-order valence-corrected chi connectivity index (χ1v) is 11.4. The first-order chi connectivity index (χ1) is 17.6. The number of nitrogens with two attached hydrogens (primary N) is 1. The first kappa shape index (κ1) is 25.6. The number of ether oxygens (including phenoxy) is 1. The highest BCUT2D eigenvalue weighted by atomic mass is 32.1. The van der Waals surface area contributed by atoms with E-state index in [0.29, 0.717) is 34.9 Å². The highest BCUT2D eigenvalue weighted by Gasteiger charge is 2.31. The molecule has 190 valence electrons. The second kappa shape index (κ2) is 10.7. The fourth-order valence-corrected chi connectivity index (χ4v) is 3.74. The van der Waals surface area contributed by atoms with E-state index in [4.69, 9.17) is 18.0 Å². The number of nitrogens with zero attached hydrogens (tertiary/aromatic N) is 4. The average Bonchev–Trinajstić information content (AvgIpc) is 3.34. The number of halogens is 3. The van der Waals surface area contributed by atoms with Crippen LogP contribution in [0.4, 0.5) is 29.3 Å². The lowest BCUT2D eigenvalue weighted by Gasteiger charge is -2.23. The van der Waals surface area contributed by atoms with Crippen molar-refractivity contribution in [3.05, 3.63) is 84.7 Å². The van der Waals surface area contributed by atoms with Gasteiger partial charge in [0, 0.05) is 11.3 Å². The third-order valence-corrected chi connectivity index (χ3v) is 5.44. The molecule has 3 aromatic carbocycles. The molecule has 0 saturated heterocycles. The lowest BCUT2D eigenvalue weighted by Crippen LogP contribution is -2.43. The zero-order valence-corrected chi connectivity index (χ0v) is 20.3. The molecule has 1 heterocycles. The Hall–Kier alpha value is -4.45. The number of nitrogens with one attached hydrogen (secondary N) is 1. The van der Waals surface area contributed by atoms with Crippen LogP contribution in [-0.4, -0.2) is 32.3 Å². The smallest absolute Gasteiger partial charge is 0.406 e. The van der Waals surface area contributed by atoms with Crippen molar-refractivity contribution in [2.75, 3.05) is 10.2 Å². The summed E-state index contributed by atoms with van der Waals surface area (Å²) in [6, 6.07) is 18.9. The molecule has 0 aliphatic rings. The maximum absolute atomic E-state index is 13.0. The number of aromatic nitrogens is 3. The van der Waals surface area contributed by atoms with E-state index < -0.39 is 12.4 Å². The fourth-order valence-electron chi connectivity index (χ4n) is 3.56. The minimum atomic E-state index is -4.76. The summed E-state index contributed by atoms with van der Waals surface area (Å²) in [7, 11) is 0. The summed E-state index contributed by atoms with van der Waals surface area (Å²) in [4.78, 5) is 18.5. The third kappa shape index (κ3) is 6.22. The van der Waals surface area contributed by atoms with Gasteiger partial charge in [-0.3, -0.25) is 0 Å². The van der Waals surface area contributed by atoms with Crippen molar-refractivity contribution in [2.45, 2.75) is 19.7 Å². The van der Waals surface area contributed by atoms with Crippen LogP contribution in [0.2, 0.25) is 0 Å². The molecule has 4 rings (SSSR count). The van der Waals surface area contributed by atoms with Gasteiger partial charge in [0.15, 0.2) is 10.9 Å². The molecular formula is C25H21F3N6O2S. The Balaban J connectivity index is 1.47. The van der Waals surface area contributed by atoms with Gasteiger partial charge in [-0.2, -0.15) is 0 Å². The lowest BCUT2D eigenvalue weighted by atomic mass is 10.1. The number of para-hydroxylation sites is 1. The molecule has 8 nitrogen and oxygen atoms in total. The zero-order valence-electron chi connectivity index (χ0n) is 19.4. The molecule has 0 fully saturated rings. The van der Waals surface area contributed by atoms with Crippen molar-refractivity contribution < 1.29 is 22.7 Å². The van der Waals surface area contributed by atoms with Gasteiger partial charge in [-0.15, -0.1) is 18.3 Å². The predicted octanol–water partition coefficient (Wildman–Crippen LogP) is 5.68. The summed E-state index contributed by atoms with van der Waals surface area (Å²) < 4.78 is 42.4. The molecule has 0 radical (unpaired) electrons. The predicted molar refractivity (Wildman–Crippen MR) is 138 cm³/mol. The minimum absolute atomic E-state index is 0.0808. The van der Waals surface area contributed by atoms with Crippen LogP contribution in [0, 0.1) is 0 Å². The summed E-state index contributed by atoms with van der Waals surface area (Å²) in [5.74, 6) is 0.0523. The Labute approximate surface area is 215 Å². The molecular weight excluding hydrogens is 505 g/mol. The highest BCUT2D eigenvalue weighted by Crippen LogP contribution is 2.25. The van der Waals surface area contributed by atoms with Crippen LogP contribution >= 0.6 is 12.2 Å². The first-order valence-electron chi connectivity index (χ1n) is 11.0. The number of carbonyl (C=O) groups is 1. The van der Waals surface area contributed by atoms with Crippen LogP contribution in [0.5, 0.6) is 5.75 Å². The number of thiocarbonyl (C=S) groups is 1. The molecule has 1 aromatic heterocycles. The van der Waals surface area contributed by atoms with Gasteiger partial charge in [0.1, 0.15) is 12.1 Å². The maximum atomic E-state index is 13.0. The van der Waals surface area contributed by atoms with Gasteiger partial charge in [-0.05, 0) is 78.8 Å². The number of hydrogen-bond acceptors (Lipinski definition) is 5. The third-order valence-electron chi connectivity index (χ3n) is 5.26. The van der Waals surface area contributed by atoms with Crippen LogP contribution in [0.3, 0.4) is 0 Å². The van der Waals surface area contributed by atoms with Crippen molar-refractivity contribution in [3.63, 3.8) is 0 Å². The Bertz CT molecular complexity index is 1410. The van der Waals surface area contributed by atoms with Gasteiger partial charge in [-0.25, -0.2) is 19.4 Å². The van der Waals surface area contributed by atoms with Gasteiger partial charge in [0.25, 0.3) is 0 Å². The van der Waals surface area contributed by atoms with E-state index in [1.54, 1.807) is 36.4 Å². The van der Waals surface area contributed by atoms with E-state index in [2.05, 4.69) is 20.1 Å². The molecule has 0 atom stereocenters. The van der Waals surface area contributed by atoms with Gasteiger partial charge >= 0.3 is 12.4 Å². The summed E-state index contributed by atoms with van der Waals surface area (Å²) in [6.07, 6.45) is -2.62. The number of anilines is 2. The monoisotopic (exact) mass is 526 g/mol. The summed E-state index contributed by atoms with van der Waals surface area (Å²) in [6.45, 7) is 1.97. The van der Waals surface area contributed by atoms with Crippen molar-refractivity contribution in [1.29, 1.82) is 0 Å². The molecule has 3 N–H and O–H groups in total. The van der Waals surface area contributed by atoms with Crippen LogP contribution in [0.1, 0.15) is 12.5 Å². The van der Waals surface area contributed by atoms with E-state index in [1.807, 2.05) is 19.1 Å². The molecule has 0 aliphatic carbocycles. The van der Waals surface area contributed by atoms with Crippen LogP contribution in [0.25, 0.3) is 17.1 Å². The van der Waals surface area contributed by atoms with E-state index in [-0.39, 0.29) is 10.9 Å². The minimum Gasteiger partial charge on any atom is -0.406 e. The number of aryl methyl sites for hydroxylation is 1. The van der Waals surface area contributed by atoms with E-state index >= 15 is 0 Å². The molecule has 37 heavy (non-hydrogen) atoms. The van der Waals surface area contributed by atoms with E-state index in [0.717, 1.165) is 5.56 Å². The van der Waals surface area contributed by atoms with Gasteiger partial charge < -0.3 is 15.8 Å². The molecule has 0 aliphatic heterocycles. The average molecular weight is 527 g/mol. The van der Waals surface area contributed by atoms with Crippen molar-refractivity contribution >= 4 is 34.7 Å². The maximum Gasteiger partial charge on any atom is 0.573 e. The zero-order chi connectivity index (χ0) is 26.6. The summed E-state index contributed by atoms with van der Waals surface area (Å²) in [5, 5.41) is 7.07. The van der Waals surface area contributed by atoms with Crippen LogP contribution in [-0.2, 0) is 6.42 Å². The molecule has 4 aromatic rings. The number of benzene rings is 3. The Kier molecular flexibility index (Phi) is 7.39. The van der Waals surface area contributed by atoms with Crippen molar-refractivity contribution in [1.82, 2.24) is 14.8 Å². The second-order valence-electron chi connectivity index (χ2n) is 7.72. The number of hydrogen-bond donors (Lipinski definition) is 2.